The van der Waals surface area contributed by atoms with E-state index < -0.39 is 0 Å². The van der Waals surface area contributed by atoms with Crippen LogP contribution in [-0.2, 0) is 4.79 Å². The molecule has 0 aromatic heterocycles. The summed E-state index contributed by atoms with van der Waals surface area (Å²) in [6.07, 6.45) is 1.62. The minimum atomic E-state index is 0.715. The van der Waals surface area contributed by atoms with Gasteiger partial charge < -0.3 is 9.80 Å². The van der Waals surface area contributed by atoms with Crippen LogP contribution in [0.25, 0.3) is 0 Å². The quantitative estimate of drug-likeness (QED) is 0.588. The molecule has 1 aliphatic rings. The smallest absolute Gasteiger partial charge is 0.240 e. The van der Waals surface area contributed by atoms with E-state index in [0.717, 1.165) is 38.4 Å². The molecule has 4 nitrogen and oxygen atoms in total. The summed E-state index contributed by atoms with van der Waals surface area (Å²) in [7, 11) is 0. The molecule has 90 valence electrons. The predicted molar refractivity (Wildman–Crippen MR) is 68.6 cm³/mol. The fraction of sp³-hybridized carbons (Fsp3) is 0.462. The van der Waals surface area contributed by atoms with Crippen molar-refractivity contribution in [2.75, 3.05) is 37.6 Å². The summed E-state index contributed by atoms with van der Waals surface area (Å²) in [4.78, 5) is 18.8. The van der Waals surface area contributed by atoms with Crippen molar-refractivity contribution < 1.29 is 4.79 Å². The topological polar surface area (TPSA) is 35.9 Å². The van der Waals surface area contributed by atoms with Gasteiger partial charge in [0.2, 0.25) is 6.08 Å². The maximum Gasteiger partial charge on any atom is 0.240 e. The Morgan fingerprint density at radius 3 is 2.59 bits per heavy atom. The number of benzene rings is 1. The number of piperazine rings is 1. The number of nitrogens with zero attached hydrogens (tertiary/aromatic N) is 3. The second-order valence-corrected chi connectivity index (χ2v) is 4.11. The fourth-order valence-corrected chi connectivity index (χ4v) is 2.18. The van der Waals surface area contributed by atoms with Crippen LogP contribution in [0.15, 0.2) is 29.3 Å². The number of hydrogen-bond donors (Lipinski definition) is 0. The summed E-state index contributed by atoms with van der Waals surface area (Å²) >= 11 is 0. The summed E-state index contributed by atoms with van der Waals surface area (Å²) in [5, 5.41) is 0. The molecule has 0 saturated carbocycles. The molecular weight excluding hydrogens is 214 g/mol. The van der Waals surface area contributed by atoms with E-state index in [1.54, 1.807) is 6.08 Å². The molecule has 0 atom stereocenters. The standard InChI is InChI=1S/C13H17N3O/c1-2-15-7-9-16(10-8-15)13-6-4-3-5-12(13)14-11-17/h3-6H,2,7-10H2,1H3. The molecule has 0 N–H and O–H groups in total. The Morgan fingerprint density at radius 2 is 1.94 bits per heavy atom. The summed E-state index contributed by atoms with van der Waals surface area (Å²) in [5.41, 5.74) is 1.75. The van der Waals surface area contributed by atoms with E-state index >= 15 is 0 Å². The maximum absolute atomic E-state index is 10.4. The van der Waals surface area contributed by atoms with Gasteiger partial charge in [-0.3, -0.25) is 0 Å². The molecule has 0 radical (unpaired) electrons. The molecule has 1 aromatic rings. The molecule has 17 heavy (non-hydrogen) atoms. The molecule has 1 fully saturated rings. The third kappa shape index (κ3) is 2.73. The minimum absolute atomic E-state index is 0.715. The number of rotatable bonds is 3. The number of hydrogen-bond acceptors (Lipinski definition) is 4. The van der Waals surface area contributed by atoms with E-state index in [0.29, 0.717) is 5.69 Å². The lowest BCUT2D eigenvalue weighted by atomic mass is 10.2. The molecule has 1 saturated heterocycles. The van der Waals surface area contributed by atoms with E-state index in [1.807, 2.05) is 24.3 Å². The highest BCUT2D eigenvalue weighted by molar-refractivity contribution is 5.69. The lowest BCUT2D eigenvalue weighted by Gasteiger charge is -2.35. The molecule has 0 bridgehead atoms. The van der Waals surface area contributed by atoms with Crippen molar-refractivity contribution in [3.63, 3.8) is 0 Å². The van der Waals surface area contributed by atoms with Crippen LogP contribution in [0.3, 0.4) is 0 Å². The Labute approximate surface area is 102 Å². The van der Waals surface area contributed by atoms with Crippen LogP contribution in [0.2, 0.25) is 0 Å². The van der Waals surface area contributed by atoms with Crippen molar-refractivity contribution in [2.45, 2.75) is 6.92 Å². The van der Waals surface area contributed by atoms with Crippen LogP contribution in [0.4, 0.5) is 11.4 Å². The summed E-state index contributed by atoms with van der Waals surface area (Å²) in [6, 6.07) is 7.73. The summed E-state index contributed by atoms with van der Waals surface area (Å²) < 4.78 is 0. The van der Waals surface area contributed by atoms with Gasteiger partial charge in [0.05, 0.1) is 11.4 Å². The third-order valence-electron chi connectivity index (χ3n) is 3.21. The number of para-hydroxylation sites is 2. The molecule has 0 unspecified atom stereocenters. The van der Waals surface area contributed by atoms with Crippen molar-refractivity contribution in [1.82, 2.24) is 4.90 Å². The number of carbonyl (C=O) groups excluding carboxylic acids is 1. The maximum atomic E-state index is 10.4. The number of aliphatic imine (C=N–C) groups is 1. The molecule has 1 heterocycles. The highest BCUT2D eigenvalue weighted by Crippen LogP contribution is 2.28. The molecule has 2 rings (SSSR count). The van der Waals surface area contributed by atoms with Gasteiger partial charge in [-0.25, -0.2) is 4.79 Å². The van der Waals surface area contributed by atoms with Gasteiger partial charge in [0.15, 0.2) is 0 Å². The van der Waals surface area contributed by atoms with E-state index in [2.05, 4.69) is 21.7 Å². The van der Waals surface area contributed by atoms with Gasteiger partial charge in [-0.15, -0.1) is 0 Å². The number of isocyanates is 1. The zero-order valence-electron chi connectivity index (χ0n) is 10.1. The molecule has 4 heteroatoms. The van der Waals surface area contributed by atoms with E-state index in [-0.39, 0.29) is 0 Å². The van der Waals surface area contributed by atoms with Gasteiger partial charge in [0, 0.05) is 26.2 Å². The Bertz CT molecular complexity index is 418. The lowest BCUT2D eigenvalue weighted by Crippen LogP contribution is -2.46. The Hall–Kier alpha value is -1.64. The van der Waals surface area contributed by atoms with Crippen LogP contribution in [0.5, 0.6) is 0 Å². The first kappa shape index (κ1) is 11.8. The normalized spacial score (nSPS) is 16.6. The average Bonchev–Trinajstić information content (AvgIpc) is 2.40. The summed E-state index contributed by atoms with van der Waals surface area (Å²) in [6.45, 7) is 7.38. The third-order valence-corrected chi connectivity index (χ3v) is 3.21. The number of anilines is 1. The first-order chi connectivity index (χ1) is 8.35. The van der Waals surface area contributed by atoms with Gasteiger partial charge in [0.25, 0.3) is 0 Å². The predicted octanol–water partition coefficient (Wildman–Crippen LogP) is 1.80. The summed E-state index contributed by atoms with van der Waals surface area (Å²) in [5.74, 6) is 0. The van der Waals surface area contributed by atoms with Crippen molar-refractivity contribution >= 4 is 17.5 Å². The van der Waals surface area contributed by atoms with Crippen LogP contribution < -0.4 is 4.90 Å². The van der Waals surface area contributed by atoms with Crippen LogP contribution in [0, 0.1) is 0 Å². The average molecular weight is 231 g/mol. The Kier molecular flexibility index (Phi) is 3.91. The molecule has 1 aromatic carbocycles. The van der Waals surface area contributed by atoms with Gasteiger partial charge in [-0.1, -0.05) is 19.1 Å². The molecule has 0 aliphatic carbocycles. The van der Waals surface area contributed by atoms with Crippen molar-refractivity contribution in [1.29, 1.82) is 0 Å². The second kappa shape index (κ2) is 5.62. The Balaban J connectivity index is 2.15. The van der Waals surface area contributed by atoms with Gasteiger partial charge in [-0.2, -0.15) is 4.99 Å². The highest BCUT2D eigenvalue weighted by Gasteiger charge is 2.17. The van der Waals surface area contributed by atoms with Crippen molar-refractivity contribution in [3.05, 3.63) is 24.3 Å². The Morgan fingerprint density at radius 1 is 1.24 bits per heavy atom. The zero-order valence-corrected chi connectivity index (χ0v) is 10.1. The largest absolute Gasteiger partial charge is 0.367 e. The first-order valence-corrected chi connectivity index (χ1v) is 5.99. The van der Waals surface area contributed by atoms with Crippen molar-refractivity contribution in [3.8, 4) is 0 Å². The van der Waals surface area contributed by atoms with E-state index in [9.17, 15) is 4.79 Å². The molecular formula is C13H17N3O. The number of likely N-dealkylation sites (N-methyl/N-ethyl adjacent to an activating group) is 1. The second-order valence-electron chi connectivity index (χ2n) is 4.11. The van der Waals surface area contributed by atoms with Crippen molar-refractivity contribution in [2.24, 2.45) is 4.99 Å². The molecule has 0 spiro atoms. The van der Waals surface area contributed by atoms with E-state index in [4.69, 9.17) is 0 Å². The first-order valence-electron chi connectivity index (χ1n) is 5.99. The van der Waals surface area contributed by atoms with Gasteiger partial charge >= 0.3 is 0 Å². The van der Waals surface area contributed by atoms with Gasteiger partial charge in [-0.05, 0) is 18.7 Å². The van der Waals surface area contributed by atoms with Crippen LogP contribution in [-0.4, -0.2) is 43.7 Å². The van der Waals surface area contributed by atoms with Crippen LogP contribution >= 0.6 is 0 Å². The highest BCUT2D eigenvalue weighted by atomic mass is 16.1. The lowest BCUT2D eigenvalue weighted by molar-refractivity contribution is 0.271. The van der Waals surface area contributed by atoms with Gasteiger partial charge in [0.1, 0.15) is 0 Å². The monoisotopic (exact) mass is 231 g/mol. The fourth-order valence-electron chi connectivity index (χ4n) is 2.18. The molecule has 0 amide bonds. The zero-order chi connectivity index (χ0) is 12.1. The van der Waals surface area contributed by atoms with Crippen LogP contribution in [0.1, 0.15) is 6.92 Å². The van der Waals surface area contributed by atoms with E-state index in [1.165, 1.54) is 0 Å². The minimum Gasteiger partial charge on any atom is -0.367 e. The molecule has 1 aliphatic heterocycles. The SMILES string of the molecule is CCN1CCN(c2ccccc2N=C=O)CC1.